The van der Waals surface area contributed by atoms with Gasteiger partial charge in [-0.3, -0.25) is 0 Å². The Hall–Kier alpha value is -3.75. The van der Waals surface area contributed by atoms with Gasteiger partial charge >= 0.3 is 12.1 Å². The van der Waals surface area contributed by atoms with Crippen molar-refractivity contribution in [3.63, 3.8) is 0 Å². The molecule has 1 fully saturated rings. The standard InChI is InChI=1S/C27H31FN4O4/c1-27(2,3)36-26(34)30-20-12-10-19(11-13-20)29-24-23(16-5-8-18(28)9-6-16)31-21-14-7-17(25(33)35-4)15-22(21)32-24/h5-9,14-15,19-20H,10-13H2,1-4H3,(H,29,32)(H,30,34). The Morgan fingerprint density at radius 3 is 2.25 bits per heavy atom. The van der Waals surface area contributed by atoms with Crippen molar-refractivity contribution in [1.82, 2.24) is 15.3 Å². The summed E-state index contributed by atoms with van der Waals surface area (Å²) in [5.74, 6) is -0.230. The number of rotatable bonds is 5. The number of nitrogens with one attached hydrogen (secondary N) is 2. The van der Waals surface area contributed by atoms with Crippen molar-refractivity contribution in [1.29, 1.82) is 0 Å². The van der Waals surface area contributed by atoms with Crippen LogP contribution in [0.15, 0.2) is 42.5 Å². The monoisotopic (exact) mass is 494 g/mol. The van der Waals surface area contributed by atoms with E-state index in [1.54, 1.807) is 30.3 Å². The molecular formula is C27H31FN4O4. The number of anilines is 1. The first kappa shape index (κ1) is 25.3. The number of fused-ring (bicyclic) bond motifs is 1. The van der Waals surface area contributed by atoms with E-state index in [2.05, 4.69) is 10.6 Å². The van der Waals surface area contributed by atoms with Gasteiger partial charge < -0.3 is 20.1 Å². The Balaban J connectivity index is 1.55. The zero-order chi connectivity index (χ0) is 25.9. The minimum Gasteiger partial charge on any atom is -0.465 e. The number of esters is 1. The fourth-order valence-corrected chi connectivity index (χ4v) is 4.26. The first-order valence-corrected chi connectivity index (χ1v) is 12.0. The smallest absolute Gasteiger partial charge is 0.407 e. The summed E-state index contributed by atoms with van der Waals surface area (Å²) >= 11 is 0. The Morgan fingerprint density at radius 1 is 0.944 bits per heavy atom. The van der Waals surface area contributed by atoms with Gasteiger partial charge in [0.15, 0.2) is 5.82 Å². The number of alkyl carbamates (subject to hydrolysis) is 1. The predicted molar refractivity (Wildman–Crippen MR) is 135 cm³/mol. The van der Waals surface area contributed by atoms with Crippen molar-refractivity contribution >= 4 is 28.9 Å². The highest BCUT2D eigenvalue weighted by Crippen LogP contribution is 2.30. The van der Waals surface area contributed by atoms with Crippen LogP contribution >= 0.6 is 0 Å². The van der Waals surface area contributed by atoms with Gasteiger partial charge in [0.2, 0.25) is 0 Å². The Bertz CT molecular complexity index is 1250. The number of aromatic nitrogens is 2. The molecular weight excluding hydrogens is 463 g/mol. The van der Waals surface area contributed by atoms with E-state index >= 15 is 0 Å². The molecule has 3 aromatic rings. The average Bonchev–Trinajstić information content (AvgIpc) is 2.83. The Morgan fingerprint density at radius 2 is 1.61 bits per heavy atom. The van der Waals surface area contributed by atoms with Gasteiger partial charge in [0, 0.05) is 17.6 Å². The highest BCUT2D eigenvalue weighted by molar-refractivity contribution is 5.94. The number of nitrogens with zero attached hydrogens (tertiary/aromatic N) is 2. The number of amides is 1. The number of carbonyl (C=O) groups is 2. The third-order valence-corrected chi connectivity index (χ3v) is 5.99. The molecule has 0 saturated heterocycles. The predicted octanol–water partition coefficient (Wildman–Crippen LogP) is 5.47. The van der Waals surface area contributed by atoms with Gasteiger partial charge in [-0.1, -0.05) is 0 Å². The fraction of sp³-hybridized carbons (Fsp3) is 0.407. The molecule has 8 nitrogen and oxygen atoms in total. The van der Waals surface area contributed by atoms with Crippen LogP contribution in [0.25, 0.3) is 22.3 Å². The quantitative estimate of drug-likeness (QED) is 0.454. The van der Waals surface area contributed by atoms with Gasteiger partial charge in [0.05, 0.1) is 23.7 Å². The lowest BCUT2D eigenvalue weighted by molar-refractivity contribution is 0.0491. The molecule has 4 rings (SSSR count). The molecule has 2 N–H and O–H groups in total. The summed E-state index contributed by atoms with van der Waals surface area (Å²) in [5, 5.41) is 6.45. The minimum absolute atomic E-state index is 0.0415. The van der Waals surface area contributed by atoms with Crippen molar-refractivity contribution in [2.45, 2.75) is 64.1 Å². The summed E-state index contributed by atoms with van der Waals surface area (Å²) in [4.78, 5) is 33.7. The number of ether oxygens (including phenoxy) is 2. The van der Waals surface area contributed by atoms with E-state index in [0.717, 1.165) is 31.2 Å². The maximum atomic E-state index is 13.6. The molecule has 0 spiro atoms. The van der Waals surface area contributed by atoms with E-state index in [9.17, 15) is 14.0 Å². The summed E-state index contributed by atoms with van der Waals surface area (Å²) < 4.78 is 23.8. The molecule has 0 atom stereocenters. The third-order valence-electron chi connectivity index (χ3n) is 5.99. The number of methoxy groups -OCH3 is 1. The summed E-state index contributed by atoms with van der Waals surface area (Å²) in [6.45, 7) is 5.51. The number of carbonyl (C=O) groups excluding carboxylic acids is 2. The Labute approximate surface area is 209 Å². The van der Waals surface area contributed by atoms with Crippen molar-refractivity contribution in [3.05, 3.63) is 53.8 Å². The van der Waals surface area contributed by atoms with Crippen LogP contribution in [0.2, 0.25) is 0 Å². The molecule has 0 bridgehead atoms. The maximum absolute atomic E-state index is 13.6. The van der Waals surface area contributed by atoms with E-state index in [-0.39, 0.29) is 17.9 Å². The lowest BCUT2D eigenvalue weighted by Gasteiger charge is -2.31. The molecule has 1 heterocycles. The van der Waals surface area contributed by atoms with Crippen molar-refractivity contribution in [2.24, 2.45) is 0 Å². The zero-order valence-corrected chi connectivity index (χ0v) is 20.9. The molecule has 190 valence electrons. The Kier molecular flexibility index (Phi) is 7.37. The van der Waals surface area contributed by atoms with Crippen LogP contribution in [0.3, 0.4) is 0 Å². The molecule has 0 unspecified atom stereocenters. The van der Waals surface area contributed by atoms with Gasteiger partial charge in [-0.05, 0) is 88.9 Å². The van der Waals surface area contributed by atoms with Crippen LogP contribution in [0, 0.1) is 5.82 Å². The lowest BCUT2D eigenvalue weighted by Crippen LogP contribution is -2.42. The van der Waals surface area contributed by atoms with E-state index in [1.807, 2.05) is 20.8 Å². The maximum Gasteiger partial charge on any atom is 0.407 e. The number of hydrogen-bond acceptors (Lipinski definition) is 7. The van der Waals surface area contributed by atoms with Crippen LogP contribution in [-0.4, -0.2) is 46.8 Å². The third kappa shape index (κ3) is 6.27. The highest BCUT2D eigenvalue weighted by atomic mass is 19.1. The van der Waals surface area contributed by atoms with Crippen molar-refractivity contribution in [3.8, 4) is 11.3 Å². The van der Waals surface area contributed by atoms with Gasteiger partial charge in [-0.25, -0.2) is 23.9 Å². The van der Waals surface area contributed by atoms with Gasteiger partial charge in [-0.2, -0.15) is 0 Å². The molecule has 1 aromatic heterocycles. The van der Waals surface area contributed by atoms with Gasteiger partial charge in [0.25, 0.3) is 0 Å². The number of benzene rings is 2. The number of hydrogen-bond donors (Lipinski definition) is 2. The average molecular weight is 495 g/mol. The molecule has 0 aliphatic heterocycles. The van der Waals surface area contributed by atoms with E-state index in [1.165, 1.54) is 19.2 Å². The second-order valence-electron chi connectivity index (χ2n) is 9.96. The molecule has 36 heavy (non-hydrogen) atoms. The van der Waals surface area contributed by atoms with Crippen LogP contribution in [-0.2, 0) is 9.47 Å². The van der Waals surface area contributed by atoms with Gasteiger partial charge in [-0.15, -0.1) is 0 Å². The molecule has 1 amide bonds. The van der Waals surface area contributed by atoms with Gasteiger partial charge in [0.1, 0.15) is 17.1 Å². The first-order valence-electron chi connectivity index (χ1n) is 12.0. The van der Waals surface area contributed by atoms with Crippen molar-refractivity contribution in [2.75, 3.05) is 12.4 Å². The first-order chi connectivity index (χ1) is 17.1. The summed E-state index contributed by atoms with van der Waals surface area (Å²) in [6, 6.07) is 11.3. The molecule has 2 aromatic carbocycles. The van der Waals surface area contributed by atoms with Crippen LogP contribution < -0.4 is 10.6 Å². The van der Waals surface area contributed by atoms with E-state index < -0.39 is 17.7 Å². The molecule has 1 aliphatic carbocycles. The second-order valence-corrected chi connectivity index (χ2v) is 9.96. The molecule has 0 radical (unpaired) electrons. The summed E-state index contributed by atoms with van der Waals surface area (Å²) in [7, 11) is 1.33. The topological polar surface area (TPSA) is 102 Å². The minimum atomic E-state index is -0.540. The van der Waals surface area contributed by atoms with Crippen LogP contribution in [0.5, 0.6) is 0 Å². The van der Waals surface area contributed by atoms with Crippen LogP contribution in [0.1, 0.15) is 56.8 Å². The SMILES string of the molecule is COC(=O)c1ccc2nc(-c3ccc(F)cc3)c(NC3CCC(NC(=O)OC(C)(C)C)CC3)nc2c1. The second kappa shape index (κ2) is 10.5. The molecule has 1 aliphatic rings. The highest BCUT2D eigenvalue weighted by Gasteiger charge is 2.26. The zero-order valence-electron chi connectivity index (χ0n) is 20.9. The molecule has 9 heteroatoms. The van der Waals surface area contributed by atoms with E-state index in [4.69, 9.17) is 19.4 Å². The van der Waals surface area contributed by atoms with Crippen molar-refractivity contribution < 1.29 is 23.5 Å². The molecule has 1 saturated carbocycles. The normalized spacial score (nSPS) is 17.9. The van der Waals surface area contributed by atoms with E-state index in [0.29, 0.717) is 28.1 Å². The van der Waals surface area contributed by atoms with Crippen LogP contribution in [0.4, 0.5) is 15.0 Å². The summed E-state index contributed by atoms with van der Waals surface area (Å²) in [5.41, 5.74) is 2.33. The number of halogens is 1. The summed E-state index contributed by atoms with van der Waals surface area (Å²) in [6.07, 6.45) is 2.79. The largest absolute Gasteiger partial charge is 0.465 e. The lowest BCUT2D eigenvalue weighted by atomic mass is 9.91. The fourth-order valence-electron chi connectivity index (χ4n) is 4.26.